The first kappa shape index (κ1) is 19.2. The molecule has 142 valence electrons. The lowest BCUT2D eigenvalue weighted by molar-refractivity contribution is 0.665. The second-order valence-electron chi connectivity index (χ2n) is 6.98. The molecule has 0 unspecified atom stereocenters. The van der Waals surface area contributed by atoms with Crippen molar-refractivity contribution in [3.05, 3.63) is 41.5 Å². The van der Waals surface area contributed by atoms with E-state index in [9.17, 15) is 0 Å². The molecule has 1 aromatic rings. The zero-order valence-electron chi connectivity index (χ0n) is 16.0. The van der Waals surface area contributed by atoms with Crippen LogP contribution in [0.1, 0.15) is 37.7 Å². The molecule has 0 aromatic heterocycles. The Bertz CT molecular complexity index is 603. The number of hydrogen-bond donors (Lipinski definition) is 2. The highest BCUT2D eigenvalue weighted by atomic mass is 32.2. The molecule has 5 heteroatoms. The van der Waals surface area contributed by atoms with Gasteiger partial charge in [0.25, 0.3) is 0 Å². The first-order chi connectivity index (χ1) is 12.8. The van der Waals surface area contributed by atoms with Crippen molar-refractivity contribution in [1.82, 2.24) is 10.6 Å². The third-order valence-corrected chi connectivity index (χ3v) is 6.06. The van der Waals surface area contributed by atoms with E-state index in [1.54, 1.807) is 5.57 Å². The van der Waals surface area contributed by atoms with E-state index >= 15 is 0 Å². The van der Waals surface area contributed by atoms with Gasteiger partial charge in [0, 0.05) is 50.4 Å². The Morgan fingerprint density at radius 3 is 2.62 bits per heavy atom. The summed E-state index contributed by atoms with van der Waals surface area (Å²) in [4.78, 5) is 6.82. The van der Waals surface area contributed by atoms with E-state index in [0.29, 0.717) is 0 Å². The largest absolute Gasteiger partial charge is 0.370 e. The van der Waals surface area contributed by atoms with Crippen LogP contribution in [-0.2, 0) is 6.54 Å². The molecule has 2 aliphatic rings. The Labute approximate surface area is 162 Å². The van der Waals surface area contributed by atoms with Crippen molar-refractivity contribution >= 4 is 23.4 Å². The first-order valence-electron chi connectivity index (χ1n) is 9.89. The highest BCUT2D eigenvalue weighted by Gasteiger charge is 2.10. The van der Waals surface area contributed by atoms with Crippen LogP contribution in [0.4, 0.5) is 5.69 Å². The second kappa shape index (κ2) is 10.5. The molecule has 4 nitrogen and oxygen atoms in total. The molecular weight excluding hydrogens is 340 g/mol. The van der Waals surface area contributed by atoms with Crippen molar-refractivity contribution in [2.24, 2.45) is 4.99 Å². The van der Waals surface area contributed by atoms with Crippen molar-refractivity contribution in [3.63, 3.8) is 0 Å². The van der Waals surface area contributed by atoms with Crippen LogP contribution in [-0.4, -0.2) is 44.1 Å². The van der Waals surface area contributed by atoms with E-state index in [1.807, 2.05) is 7.05 Å². The Hall–Kier alpha value is -1.62. The molecule has 0 spiro atoms. The summed E-state index contributed by atoms with van der Waals surface area (Å²) in [5, 5.41) is 6.86. The third-order valence-electron chi connectivity index (χ3n) is 5.12. The van der Waals surface area contributed by atoms with Crippen molar-refractivity contribution in [1.29, 1.82) is 0 Å². The summed E-state index contributed by atoms with van der Waals surface area (Å²) in [6.07, 6.45) is 8.79. The number of rotatable bonds is 6. The van der Waals surface area contributed by atoms with Crippen LogP contribution in [0.5, 0.6) is 0 Å². The smallest absolute Gasteiger partial charge is 0.191 e. The van der Waals surface area contributed by atoms with E-state index in [0.717, 1.165) is 38.6 Å². The van der Waals surface area contributed by atoms with E-state index in [2.05, 4.69) is 62.6 Å². The molecule has 1 aliphatic heterocycles. The first-order valence-corrected chi connectivity index (χ1v) is 11.0. The van der Waals surface area contributed by atoms with Crippen LogP contribution in [0.2, 0.25) is 0 Å². The van der Waals surface area contributed by atoms with Gasteiger partial charge in [-0.1, -0.05) is 23.8 Å². The van der Waals surface area contributed by atoms with Crippen LogP contribution in [0.3, 0.4) is 0 Å². The minimum atomic E-state index is 0.804. The maximum atomic E-state index is 4.34. The molecule has 0 bridgehead atoms. The molecule has 26 heavy (non-hydrogen) atoms. The number of nitrogens with zero attached hydrogens (tertiary/aromatic N) is 2. The summed E-state index contributed by atoms with van der Waals surface area (Å²) in [6, 6.07) is 8.95. The maximum absolute atomic E-state index is 4.34. The van der Waals surface area contributed by atoms with Crippen molar-refractivity contribution in [2.75, 3.05) is 43.1 Å². The molecule has 1 aliphatic carbocycles. The minimum Gasteiger partial charge on any atom is -0.370 e. The standard InChI is InChI=1S/C21H32N4S/c1-22-21(23-12-11-18-5-3-2-4-6-18)24-17-19-7-9-20(10-8-19)25-13-15-26-16-14-25/h5,7-10H,2-4,6,11-17H2,1H3,(H2,22,23,24). The van der Waals surface area contributed by atoms with Crippen LogP contribution in [0.15, 0.2) is 40.9 Å². The summed E-state index contributed by atoms with van der Waals surface area (Å²) < 4.78 is 0. The summed E-state index contributed by atoms with van der Waals surface area (Å²) in [5.74, 6) is 3.36. The lowest BCUT2D eigenvalue weighted by atomic mass is 9.97. The Balaban J connectivity index is 1.40. The Kier molecular flexibility index (Phi) is 7.74. The maximum Gasteiger partial charge on any atom is 0.191 e. The summed E-state index contributed by atoms with van der Waals surface area (Å²) >= 11 is 2.05. The van der Waals surface area contributed by atoms with Gasteiger partial charge in [0.15, 0.2) is 5.96 Å². The molecule has 1 fully saturated rings. The molecule has 1 aromatic carbocycles. The van der Waals surface area contributed by atoms with Gasteiger partial charge in [-0.25, -0.2) is 0 Å². The van der Waals surface area contributed by atoms with E-state index in [1.165, 1.54) is 48.4 Å². The van der Waals surface area contributed by atoms with E-state index < -0.39 is 0 Å². The molecule has 0 amide bonds. The van der Waals surface area contributed by atoms with Crippen molar-refractivity contribution in [2.45, 2.75) is 38.6 Å². The fourth-order valence-electron chi connectivity index (χ4n) is 3.53. The average molecular weight is 373 g/mol. The predicted octanol–water partition coefficient (Wildman–Crippen LogP) is 3.80. The molecular formula is C21H32N4S. The molecule has 1 heterocycles. The third kappa shape index (κ3) is 5.97. The normalized spacial score (nSPS) is 18.4. The number of anilines is 1. The summed E-state index contributed by atoms with van der Waals surface area (Å²) in [7, 11) is 1.84. The van der Waals surface area contributed by atoms with Gasteiger partial charge in [0.1, 0.15) is 0 Å². The zero-order valence-corrected chi connectivity index (χ0v) is 16.8. The monoisotopic (exact) mass is 372 g/mol. The topological polar surface area (TPSA) is 39.7 Å². The second-order valence-corrected chi connectivity index (χ2v) is 8.20. The number of allylic oxidation sites excluding steroid dienone is 1. The molecule has 2 N–H and O–H groups in total. The van der Waals surface area contributed by atoms with Gasteiger partial charge < -0.3 is 15.5 Å². The van der Waals surface area contributed by atoms with E-state index in [4.69, 9.17) is 0 Å². The summed E-state index contributed by atoms with van der Waals surface area (Å²) in [6.45, 7) is 4.08. The molecule has 0 atom stereocenters. The number of thioether (sulfide) groups is 1. The van der Waals surface area contributed by atoms with E-state index in [-0.39, 0.29) is 0 Å². The van der Waals surface area contributed by atoms with Gasteiger partial charge in [0.05, 0.1) is 0 Å². The van der Waals surface area contributed by atoms with Gasteiger partial charge in [0.2, 0.25) is 0 Å². The van der Waals surface area contributed by atoms with Gasteiger partial charge in [-0.15, -0.1) is 0 Å². The van der Waals surface area contributed by atoms with Gasteiger partial charge >= 0.3 is 0 Å². The van der Waals surface area contributed by atoms with Crippen LogP contribution in [0, 0.1) is 0 Å². The van der Waals surface area contributed by atoms with Crippen molar-refractivity contribution in [3.8, 4) is 0 Å². The van der Waals surface area contributed by atoms with Crippen LogP contribution < -0.4 is 15.5 Å². The predicted molar refractivity (Wildman–Crippen MR) is 115 cm³/mol. The molecule has 3 rings (SSSR count). The molecule has 0 radical (unpaired) electrons. The van der Waals surface area contributed by atoms with Gasteiger partial charge in [-0.05, 0) is 49.8 Å². The number of aliphatic imine (C=N–C) groups is 1. The minimum absolute atomic E-state index is 0.804. The number of benzene rings is 1. The number of nitrogens with one attached hydrogen (secondary N) is 2. The molecule has 0 saturated carbocycles. The van der Waals surface area contributed by atoms with Gasteiger partial charge in [-0.2, -0.15) is 11.8 Å². The average Bonchev–Trinajstić information content (AvgIpc) is 2.72. The number of hydrogen-bond acceptors (Lipinski definition) is 3. The van der Waals surface area contributed by atoms with Crippen LogP contribution >= 0.6 is 11.8 Å². The highest BCUT2D eigenvalue weighted by molar-refractivity contribution is 7.99. The fraction of sp³-hybridized carbons (Fsp3) is 0.571. The lowest BCUT2D eigenvalue weighted by Gasteiger charge is -2.28. The SMILES string of the molecule is CN=C(NCCC1=CCCCC1)NCc1ccc(N2CCSCC2)cc1. The Morgan fingerprint density at radius 1 is 1.12 bits per heavy atom. The number of guanidine groups is 1. The fourth-order valence-corrected chi connectivity index (χ4v) is 4.43. The Morgan fingerprint density at radius 2 is 1.92 bits per heavy atom. The quantitative estimate of drug-likeness (QED) is 0.453. The lowest BCUT2D eigenvalue weighted by Crippen LogP contribution is -2.37. The van der Waals surface area contributed by atoms with Gasteiger partial charge in [-0.3, -0.25) is 4.99 Å². The molecule has 1 saturated heterocycles. The zero-order chi connectivity index (χ0) is 18.0. The summed E-state index contributed by atoms with van der Waals surface area (Å²) in [5.41, 5.74) is 4.24. The highest BCUT2D eigenvalue weighted by Crippen LogP contribution is 2.20. The van der Waals surface area contributed by atoms with Crippen LogP contribution in [0.25, 0.3) is 0 Å². The van der Waals surface area contributed by atoms with Crippen molar-refractivity contribution < 1.29 is 0 Å².